The molecule has 22 heavy (non-hydrogen) atoms. The van der Waals surface area contributed by atoms with Crippen LogP contribution in [0.2, 0.25) is 0 Å². The number of benzene rings is 1. The van der Waals surface area contributed by atoms with Gasteiger partial charge in [-0.2, -0.15) is 0 Å². The molecule has 0 bridgehead atoms. The molecule has 0 aliphatic heterocycles. The Morgan fingerprint density at radius 1 is 1.36 bits per heavy atom. The molecule has 1 heterocycles. The molecule has 0 saturated heterocycles. The number of carboxylic acids is 1. The summed E-state index contributed by atoms with van der Waals surface area (Å²) >= 11 is 0. The number of carboxylic acid groups (broad SMARTS) is 1. The highest BCUT2D eigenvalue weighted by molar-refractivity contribution is 5.85. The molecule has 1 aromatic heterocycles. The molecular formula is C15H18N2O5. The normalized spacial score (nSPS) is 12.3. The molecule has 0 aliphatic carbocycles. The molecule has 118 valence electrons. The average Bonchev–Trinajstić information content (AvgIpc) is 2.48. The van der Waals surface area contributed by atoms with Crippen molar-refractivity contribution in [2.45, 2.75) is 12.6 Å². The van der Waals surface area contributed by atoms with Gasteiger partial charge in [-0.1, -0.05) is 0 Å². The fourth-order valence-electron chi connectivity index (χ4n) is 2.24. The lowest BCUT2D eigenvalue weighted by atomic mass is 10.1. The van der Waals surface area contributed by atoms with E-state index in [1.165, 1.54) is 4.57 Å². The second-order valence-corrected chi connectivity index (χ2v) is 5.13. The molecule has 7 nitrogen and oxygen atoms in total. The maximum Gasteiger partial charge on any atom is 0.323 e. The van der Waals surface area contributed by atoms with Crippen molar-refractivity contribution in [3.63, 3.8) is 0 Å². The third kappa shape index (κ3) is 3.44. The number of carbonyl (C=O) groups is 1. The number of hydrogen-bond donors (Lipinski definition) is 3. The lowest BCUT2D eigenvalue weighted by Crippen LogP contribution is -2.28. The van der Waals surface area contributed by atoms with Gasteiger partial charge in [-0.25, -0.2) is 0 Å². The van der Waals surface area contributed by atoms with Crippen molar-refractivity contribution in [3.05, 3.63) is 40.8 Å². The molecule has 0 aliphatic rings. The summed E-state index contributed by atoms with van der Waals surface area (Å²) in [5.41, 5.74) is 0.430. The van der Waals surface area contributed by atoms with Gasteiger partial charge in [0.05, 0.1) is 19.3 Å². The van der Waals surface area contributed by atoms with E-state index in [2.05, 4.69) is 0 Å². The van der Waals surface area contributed by atoms with E-state index >= 15 is 0 Å². The van der Waals surface area contributed by atoms with E-state index in [-0.39, 0.29) is 18.6 Å². The molecule has 0 saturated carbocycles. The van der Waals surface area contributed by atoms with Gasteiger partial charge < -0.3 is 24.8 Å². The Bertz CT molecular complexity index is 740. The summed E-state index contributed by atoms with van der Waals surface area (Å²) in [4.78, 5) is 24.6. The zero-order valence-electron chi connectivity index (χ0n) is 12.1. The van der Waals surface area contributed by atoms with Crippen LogP contribution in [0.15, 0.2) is 35.3 Å². The van der Waals surface area contributed by atoms with Crippen molar-refractivity contribution >= 4 is 22.4 Å². The first kappa shape index (κ1) is 16.0. The third-order valence-electron chi connectivity index (χ3n) is 3.39. The number of hydrogen-bond acceptors (Lipinski definition) is 5. The quantitative estimate of drug-likeness (QED) is 0.687. The smallest absolute Gasteiger partial charge is 0.323 e. The van der Waals surface area contributed by atoms with E-state index in [0.29, 0.717) is 16.5 Å². The maximum absolute atomic E-state index is 12.3. The van der Waals surface area contributed by atoms with Crippen LogP contribution >= 0.6 is 0 Å². The highest BCUT2D eigenvalue weighted by Crippen LogP contribution is 2.19. The molecular weight excluding hydrogens is 288 g/mol. The zero-order valence-corrected chi connectivity index (χ0v) is 12.1. The van der Waals surface area contributed by atoms with Gasteiger partial charge in [-0.15, -0.1) is 0 Å². The van der Waals surface area contributed by atoms with E-state index in [1.54, 1.807) is 42.4 Å². The fourth-order valence-corrected chi connectivity index (χ4v) is 2.24. The monoisotopic (exact) mass is 306 g/mol. The predicted molar refractivity (Wildman–Crippen MR) is 82.2 cm³/mol. The highest BCUT2D eigenvalue weighted by Gasteiger charge is 2.10. The molecule has 3 N–H and O–H groups in total. The van der Waals surface area contributed by atoms with Crippen LogP contribution in [0.5, 0.6) is 0 Å². The van der Waals surface area contributed by atoms with Gasteiger partial charge in [-0.05, 0) is 29.7 Å². The number of pyridine rings is 1. The number of likely N-dealkylation sites (N-methyl/N-ethyl adjacent to an activating group) is 1. The van der Waals surface area contributed by atoms with Crippen LogP contribution in [0, 0.1) is 0 Å². The molecule has 0 radical (unpaired) electrons. The largest absolute Gasteiger partial charge is 0.480 e. The lowest BCUT2D eigenvalue weighted by Gasteiger charge is -2.17. The van der Waals surface area contributed by atoms with Crippen molar-refractivity contribution in [3.8, 4) is 0 Å². The van der Waals surface area contributed by atoms with E-state index in [1.807, 2.05) is 0 Å². The second-order valence-electron chi connectivity index (χ2n) is 5.13. The summed E-state index contributed by atoms with van der Waals surface area (Å²) in [6.45, 7) is -0.527. The number of nitrogens with zero attached hydrogens (tertiary/aromatic N) is 2. The first-order chi connectivity index (χ1) is 10.4. The van der Waals surface area contributed by atoms with Crippen molar-refractivity contribution in [2.24, 2.45) is 0 Å². The van der Waals surface area contributed by atoms with Gasteiger partial charge in [0.25, 0.3) is 5.56 Å². The standard InChI is InChI=1S/C15H18N2O5/c1-16(8-14(20)21)11-2-3-13-10(6-11)4-5-17(15(13)22)7-12(19)9-18/h2-6,12,18-19H,7-9H2,1H3,(H,20,21). The van der Waals surface area contributed by atoms with Gasteiger partial charge in [0.15, 0.2) is 0 Å². The topological polar surface area (TPSA) is 103 Å². The lowest BCUT2D eigenvalue weighted by molar-refractivity contribution is -0.135. The Morgan fingerprint density at radius 3 is 2.73 bits per heavy atom. The first-order valence-corrected chi connectivity index (χ1v) is 6.77. The molecule has 1 atom stereocenters. The Hall–Kier alpha value is -2.38. The van der Waals surface area contributed by atoms with Crippen LogP contribution in [0.4, 0.5) is 5.69 Å². The molecule has 7 heteroatoms. The molecule has 1 aromatic carbocycles. The summed E-state index contributed by atoms with van der Waals surface area (Å²) in [5.74, 6) is -0.934. The second kappa shape index (κ2) is 6.59. The van der Waals surface area contributed by atoms with Crippen molar-refractivity contribution < 1.29 is 20.1 Å². The maximum atomic E-state index is 12.3. The minimum absolute atomic E-state index is 0.0198. The molecule has 1 unspecified atom stereocenters. The molecule has 2 aromatic rings. The number of anilines is 1. The van der Waals surface area contributed by atoms with Gasteiger partial charge >= 0.3 is 5.97 Å². The van der Waals surface area contributed by atoms with Gasteiger partial charge in [0.1, 0.15) is 6.54 Å². The summed E-state index contributed by atoms with van der Waals surface area (Å²) in [5, 5.41) is 28.3. The summed E-state index contributed by atoms with van der Waals surface area (Å²) in [6.07, 6.45) is 0.556. The van der Waals surface area contributed by atoms with Crippen LogP contribution in [0.3, 0.4) is 0 Å². The average molecular weight is 306 g/mol. The van der Waals surface area contributed by atoms with Crippen LogP contribution in [0.1, 0.15) is 0 Å². The van der Waals surface area contributed by atoms with Crippen LogP contribution < -0.4 is 10.5 Å². The van der Waals surface area contributed by atoms with Crippen molar-refractivity contribution in [2.75, 3.05) is 25.1 Å². The van der Waals surface area contributed by atoms with Crippen molar-refractivity contribution in [1.82, 2.24) is 4.57 Å². The highest BCUT2D eigenvalue weighted by atomic mass is 16.4. The number of fused-ring (bicyclic) bond motifs is 1. The Morgan fingerprint density at radius 2 is 2.09 bits per heavy atom. The number of aliphatic carboxylic acids is 1. The Balaban J connectivity index is 2.38. The van der Waals surface area contributed by atoms with Gasteiger partial charge in [-0.3, -0.25) is 9.59 Å². The first-order valence-electron chi connectivity index (χ1n) is 6.77. The van der Waals surface area contributed by atoms with Crippen LogP contribution in [-0.2, 0) is 11.3 Å². The summed E-state index contributed by atoms with van der Waals surface area (Å²) in [6, 6.07) is 6.78. The van der Waals surface area contributed by atoms with Gasteiger partial charge in [0, 0.05) is 24.3 Å². The van der Waals surface area contributed by atoms with Crippen LogP contribution in [-0.4, -0.2) is 52.2 Å². The molecule has 0 amide bonds. The zero-order chi connectivity index (χ0) is 16.3. The molecule has 0 fully saturated rings. The summed E-state index contributed by atoms with van der Waals surface area (Å²) < 4.78 is 1.34. The van der Waals surface area contributed by atoms with E-state index in [0.717, 1.165) is 0 Å². The van der Waals surface area contributed by atoms with E-state index < -0.39 is 18.7 Å². The molecule has 2 rings (SSSR count). The number of aliphatic hydroxyl groups is 2. The predicted octanol–water partition coefficient (Wildman–Crippen LogP) is -0.124. The number of aliphatic hydroxyl groups excluding tert-OH is 2. The Labute approximate surface area is 126 Å². The number of aromatic nitrogens is 1. The molecule has 0 spiro atoms. The third-order valence-corrected chi connectivity index (χ3v) is 3.39. The van der Waals surface area contributed by atoms with Crippen LogP contribution in [0.25, 0.3) is 10.8 Å². The Kier molecular flexibility index (Phi) is 4.79. The summed E-state index contributed by atoms with van der Waals surface area (Å²) in [7, 11) is 1.66. The van der Waals surface area contributed by atoms with Gasteiger partial charge in [0.2, 0.25) is 0 Å². The fraction of sp³-hybridized carbons (Fsp3) is 0.333. The van der Waals surface area contributed by atoms with E-state index in [9.17, 15) is 14.7 Å². The minimum Gasteiger partial charge on any atom is -0.480 e. The van der Waals surface area contributed by atoms with E-state index in [4.69, 9.17) is 10.2 Å². The van der Waals surface area contributed by atoms with Crippen molar-refractivity contribution in [1.29, 1.82) is 0 Å². The minimum atomic E-state index is -0.990. The SMILES string of the molecule is CN(CC(=O)O)c1ccc2c(=O)n(CC(O)CO)ccc2c1. The number of rotatable bonds is 6.